The van der Waals surface area contributed by atoms with Crippen LogP contribution in [0.2, 0.25) is 0 Å². The summed E-state index contributed by atoms with van der Waals surface area (Å²) in [6, 6.07) is 5.55. The maximum absolute atomic E-state index is 12.9. The van der Waals surface area contributed by atoms with Crippen LogP contribution >= 0.6 is 0 Å². The van der Waals surface area contributed by atoms with Crippen LogP contribution in [0.5, 0.6) is 0 Å². The highest BCUT2D eigenvalue weighted by Crippen LogP contribution is 2.28. The second-order valence-electron chi connectivity index (χ2n) is 6.57. The quantitative estimate of drug-likeness (QED) is 0.782. The molecule has 0 saturated carbocycles. The van der Waals surface area contributed by atoms with Crippen molar-refractivity contribution in [2.24, 2.45) is 5.92 Å². The minimum atomic E-state index is -3.48. The van der Waals surface area contributed by atoms with Gasteiger partial charge >= 0.3 is 5.97 Å². The van der Waals surface area contributed by atoms with Gasteiger partial charge in [0.2, 0.25) is 10.0 Å². The lowest BCUT2D eigenvalue weighted by Crippen LogP contribution is -2.40. The molecule has 1 aliphatic heterocycles. The first-order chi connectivity index (χ1) is 11.5. The normalized spacial score (nSPS) is 19.7. The number of sulfonamides is 1. The third-order valence-electron chi connectivity index (χ3n) is 5.03. The number of benzene rings is 1. The fourth-order valence-electron chi connectivity index (χ4n) is 3.61. The highest BCUT2D eigenvalue weighted by atomic mass is 32.2. The molecule has 1 heterocycles. The van der Waals surface area contributed by atoms with Crippen LogP contribution in [0.4, 0.5) is 0 Å². The molecular weight excluding hydrogens is 326 g/mol. The summed E-state index contributed by atoms with van der Waals surface area (Å²) in [7, 11) is -3.48. The molecule has 6 heteroatoms. The molecule has 0 spiro atoms. The van der Waals surface area contributed by atoms with E-state index in [1.54, 1.807) is 13.0 Å². The molecule has 132 valence electrons. The van der Waals surface area contributed by atoms with E-state index in [1.807, 2.05) is 12.1 Å². The van der Waals surface area contributed by atoms with Gasteiger partial charge in [0.1, 0.15) is 0 Å². The van der Waals surface area contributed by atoms with Crippen LogP contribution < -0.4 is 0 Å². The average molecular weight is 351 g/mol. The molecule has 1 aliphatic carbocycles. The molecule has 0 unspecified atom stereocenters. The number of aryl methyl sites for hydroxylation is 2. The van der Waals surface area contributed by atoms with Crippen molar-refractivity contribution in [1.82, 2.24) is 4.31 Å². The maximum Gasteiger partial charge on any atom is 0.309 e. The summed E-state index contributed by atoms with van der Waals surface area (Å²) < 4.78 is 32.3. The van der Waals surface area contributed by atoms with E-state index in [1.165, 1.54) is 21.9 Å². The number of ether oxygens (including phenoxy) is 1. The topological polar surface area (TPSA) is 63.7 Å². The van der Waals surface area contributed by atoms with E-state index in [9.17, 15) is 13.2 Å². The number of hydrogen-bond donors (Lipinski definition) is 0. The van der Waals surface area contributed by atoms with Gasteiger partial charge in [-0.1, -0.05) is 6.07 Å². The van der Waals surface area contributed by atoms with Crippen LogP contribution in [-0.4, -0.2) is 38.4 Å². The molecule has 0 atom stereocenters. The number of rotatable bonds is 4. The monoisotopic (exact) mass is 351 g/mol. The largest absolute Gasteiger partial charge is 0.466 e. The van der Waals surface area contributed by atoms with E-state index in [0.717, 1.165) is 19.3 Å². The molecule has 0 amide bonds. The number of nitrogens with zero attached hydrogens (tertiary/aromatic N) is 1. The minimum Gasteiger partial charge on any atom is -0.466 e. The molecule has 2 aliphatic rings. The third-order valence-corrected chi connectivity index (χ3v) is 6.93. The lowest BCUT2D eigenvalue weighted by molar-refractivity contribution is -0.149. The Balaban J connectivity index is 1.71. The first kappa shape index (κ1) is 17.4. The molecular formula is C18H25NO4S. The SMILES string of the molecule is CCOC(=O)C1CCN(S(=O)(=O)c2ccc3c(c2)CCCC3)CC1. The number of fused-ring (bicyclic) bond motifs is 1. The number of carbonyl (C=O) groups is 1. The van der Waals surface area contributed by atoms with Crippen molar-refractivity contribution < 1.29 is 17.9 Å². The summed E-state index contributed by atoms with van der Waals surface area (Å²) in [5, 5.41) is 0. The fourth-order valence-corrected chi connectivity index (χ4v) is 5.13. The van der Waals surface area contributed by atoms with E-state index in [2.05, 4.69) is 0 Å². The zero-order valence-electron chi connectivity index (χ0n) is 14.2. The van der Waals surface area contributed by atoms with Gasteiger partial charge in [0.15, 0.2) is 0 Å². The standard InChI is InChI=1S/C18H25NO4S/c1-2-23-18(20)15-9-11-19(12-10-15)24(21,22)17-8-7-14-5-3-4-6-16(14)13-17/h7-8,13,15H,2-6,9-12H2,1H3. The van der Waals surface area contributed by atoms with Gasteiger partial charge in [0.25, 0.3) is 0 Å². The van der Waals surface area contributed by atoms with Crippen molar-refractivity contribution >= 4 is 16.0 Å². The molecule has 1 fully saturated rings. The van der Waals surface area contributed by atoms with Crippen molar-refractivity contribution in [1.29, 1.82) is 0 Å². The van der Waals surface area contributed by atoms with E-state index in [4.69, 9.17) is 4.74 Å². The molecule has 5 nitrogen and oxygen atoms in total. The molecule has 1 aromatic rings. The third kappa shape index (κ3) is 3.49. The van der Waals surface area contributed by atoms with Crippen molar-refractivity contribution in [3.63, 3.8) is 0 Å². The molecule has 0 radical (unpaired) electrons. The van der Waals surface area contributed by atoms with Gasteiger partial charge in [0.05, 0.1) is 17.4 Å². The Morgan fingerprint density at radius 2 is 1.83 bits per heavy atom. The van der Waals surface area contributed by atoms with E-state index >= 15 is 0 Å². The van der Waals surface area contributed by atoms with E-state index < -0.39 is 10.0 Å². The molecule has 1 aromatic carbocycles. The Bertz CT molecular complexity index is 706. The highest BCUT2D eigenvalue weighted by molar-refractivity contribution is 7.89. The second-order valence-corrected chi connectivity index (χ2v) is 8.51. The maximum atomic E-state index is 12.9. The Morgan fingerprint density at radius 1 is 1.17 bits per heavy atom. The van der Waals surface area contributed by atoms with Crippen LogP contribution in [0, 0.1) is 5.92 Å². The van der Waals surface area contributed by atoms with Crippen molar-refractivity contribution in [2.45, 2.75) is 50.3 Å². The van der Waals surface area contributed by atoms with Crippen molar-refractivity contribution in [2.75, 3.05) is 19.7 Å². The summed E-state index contributed by atoms with van der Waals surface area (Å²) in [4.78, 5) is 12.2. The van der Waals surface area contributed by atoms with Gasteiger partial charge in [-0.3, -0.25) is 4.79 Å². The number of esters is 1. The summed E-state index contributed by atoms with van der Waals surface area (Å²) in [6.07, 6.45) is 5.37. The fraction of sp³-hybridized carbons (Fsp3) is 0.611. The van der Waals surface area contributed by atoms with Crippen LogP contribution in [0.1, 0.15) is 43.7 Å². The van der Waals surface area contributed by atoms with Crippen LogP contribution in [0.3, 0.4) is 0 Å². The van der Waals surface area contributed by atoms with Crippen LogP contribution in [0.15, 0.2) is 23.1 Å². The first-order valence-corrected chi connectivity index (χ1v) is 10.2. The predicted octanol–water partition coefficient (Wildman–Crippen LogP) is 2.53. The molecule has 24 heavy (non-hydrogen) atoms. The zero-order valence-corrected chi connectivity index (χ0v) is 15.0. The van der Waals surface area contributed by atoms with Gasteiger partial charge in [0, 0.05) is 13.1 Å². The highest BCUT2D eigenvalue weighted by Gasteiger charge is 2.33. The van der Waals surface area contributed by atoms with Crippen LogP contribution in [-0.2, 0) is 32.4 Å². The molecule has 0 aromatic heterocycles. The van der Waals surface area contributed by atoms with Crippen molar-refractivity contribution in [3.05, 3.63) is 29.3 Å². The van der Waals surface area contributed by atoms with Gasteiger partial charge in [-0.05, 0) is 68.7 Å². The lowest BCUT2D eigenvalue weighted by Gasteiger charge is -2.30. The van der Waals surface area contributed by atoms with Gasteiger partial charge in [-0.2, -0.15) is 4.31 Å². The zero-order chi connectivity index (χ0) is 17.2. The Kier molecular flexibility index (Phi) is 5.25. The van der Waals surface area contributed by atoms with E-state index in [-0.39, 0.29) is 11.9 Å². The summed E-state index contributed by atoms with van der Waals surface area (Å²) >= 11 is 0. The second kappa shape index (κ2) is 7.23. The van der Waals surface area contributed by atoms with E-state index in [0.29, 0.717) is 37.4 Å². The molecule has 3 rings (SSSR count). The van der Waals surface area contributed by atoms with Gasteiger partial charge in [-0.15, -0.1) is 0 Å². The Hall–Kier alpha value is -1.40. The smallest absolute Gasteiger partial charge is 0.309 e. The predicted molar refractivity (Wildman–Crippen MR) is 91.2 cm³/mol. The molecule has 0 bridgehead atoms. The first-order valence-electron chi connectivity index (χ1n) is 8.81. The van der Waals surface area contributed by atoms with Crippen molar-refractivity contribution in [3.8, 4) is 0 Å². The molecule has 1 saturated heterocycles. The summed E-state index contributed by atoms with van der Waals surface area (Å²) in [5.41, 5.74) is 2.45. The lowest BCUT2D eigenvalue weighted by atomic mass is 9.92. The van der Waals surface area contributed by atoms with Crippen LogP contribution in [0.25, 0.3) is 0 Å². The summed E-state index contributed by atoms with van der Waals surface area (Å²) in [5.74, 6) is -0.386. The minimum absolute atomic E-state index is 0.181. The average Bonchev–Trinajstić information content (AvgIpc) is 2.61. The Morgan fingerprint density at radius 3 is 2.50 bits per heavy atom. The summed E-state index contributed by atoms with van der Waals surface area (Å²) in [6.45, 7) is 2.91. The molecule has 0 N–H and O–H groups in total. The van der Waals surface area contributed by atoms with Gasteiger partial charge in [-0.25, -0.2) is 8.42 Å². The number of carbonyl (C=O) groups excluding carboxylic acids is 1. The number of hydrogen-bond acceptors (Lipinski definition) is 4. The van der Waals surface area contributed by atoms with Gasteiger partial charge < -0.3 is 4.74 Å². The number of piperidine rings is 1. The Labute approximate surface area is 144 Å².